The lowest BCUT2D eigenvalue weighted by Gasteiger charge is -2.38. The van der Waals surface area contributed by atoms with Crippen molar-refractivity contribution in [1.82, 2.24) is 15.5 Å². The van der Waals surface area contributed by atoms with Crippen molar-refractivity contribution in [2.75, 3.05) is 12.3 Å². The number of carbonyl (C=O) groups is 3. The van der Waals surface area contributed by atoms with Gasteiger partial charge >= 0.3 is 6.09 Å². The molecule has 3 unspecified atom stereocenters. The van der Waals surface area contributed by atoms with Crippen LogP contribution >= 0.6 is 12.6 Å². The van der Waals surface area contributed by atoms with Crippen molar-refractivity contribution < 1.29 is 19.1 Å². The molecule has 1 aromatic rings. The van der Waals surface area contributed by atoms with Crippen molar-refractivity contribution in [3.8, 4) is 0 Å². The summed E-state index contributed by atoms with van der Waals surface area (Å²) >= 11 is 4.37. The molecule has 0 spiro atoms. The van der Waals surface area contributed by atoms with Gasteiger partial charge in [0.05, 0.1) is 0 Å². The van der Waals surface area contributed by atoms with Gasteiger partial charge in [-0.25, -0.2) is 4.79 Å². The molecule has 0 bridgehead atoms. The third-order valence-corrected chi connectivity index (χ3v) is 6.43. The van der Waals surface area contributed by atoms with Gasteiger partial charge in [0.1, 0.15) is 17.7 Å². The number of hydrogen-bond acceptors (Lipinski definition) is 5. The van der Waals surface area contributed by atoms with E-state index in [1.807, 2.05) is 38.1 Å². The fraction of sp³-hybridized carbons (Fsp3) is 0.690. The Bertz CT molecular complexity index is 852. The largest absolute Gasteiger partial charge is 0.444 e. The zero-order chi connectivity index (χ0) is 28.2. The van der Waals surface area contributed by atoms with Crippen LogP contribution in [0.15, 0.2) is 24.3 Å². The highest BCUT2D eigenvalue weighted by Gasteiger charge is 2.38. The number of unbranched alkanes of at least 4 members (excludes halogenated alkanes) is 2. The van der Waals surface area contributed by atoms with E-state index >= 15 is 0 Å². The second kappa shape index (κ2) is 15.9. The van der Waals surface area contributed by atoms with Crippen LogP contribution in [0.25, 0.3) is 0 Å². The Labute approximate surface area is 229 Å². The van der Waals surface area contributed by atoms with Crippen molar-refractivity contribution in [3.05, 3.63) is 35.4 Å². The monoisotopic (exact) mass is 535 g/mol. The molecule has 1 rings (SSSR count). The number of aryl methyl sites for hydroxylation is 1. The number of benzene rings is 1. The highest BCUT2D eigenvalue weighted by Crippen LogP contribution is 2.28. The Kier molecular flexibility index (Phi) is 14.1. The van der Waals surface area contributed by atoms with Crippen molar-refractivity contribution in [2.45, 2.75) is 111 Å². The number of nitrogens with zero attached hydrogens (tertiary/aromatic N) is 1. The van der Waals surface area contributed by atoms with Gasteiger partial charge in [-0.3, -0.25) is 9.59 Å². The Hall–Kier alpha value is -2.22. The normalized spacial score (nSPS) is 14.0. The van der Waals surface area contributed by atoms with Gasteiger partial charge in [0, 0.05) is 18.3 Å². The molecule has 0 aliphatic rings. The van der Waals surface area contributed by atoms with E-state index in [0.717, 1.165) is 43.2 Å². The van der Waals surface area contributed by atoms with E-state index in [0.29, 0.717) is 12.5 Å². The third kappa shape index (κ3) is 11.8. The van der Waals surface area contributed by atoms with Crippen LogP contribution in [0.5, 0.6) is 0 Å². The number of ether oxygens (including phenoxy) is 1. The molecule has 0 radical (unpaired) electrons. The number of amides is 3. The summed E-state index contributed by atoms with van der Waals surface area (Å²) in [5, 5.41) is 5.73. The summed E-state index contributed by atoms with van der Waals surface area (Å²) in [7, 11) is 0. The zero-order valence-electron chi connectivity index (χ0n) is 24.1. The fourth-order valence-corrected chi connectivity index (χ4v) is 4.25. The summed E-state index contributed by atoms with van der Waals surface area (Å²) in [5.41, 5.74) is 1.09. The standard InChI is InChI=1S/C29H49N3O4S/c1-9-10-11-18-30-26(33)25(23-16-13-21(4)14-17-23)32(22(5)15-12-20(2)3)27(34)24(19-37)31-28(35)36-29(6,7)8/h13-14,16-17,20,22,24-25,37H,9-12,15,18-19H2,1-8H3,(H,30,33)(H,31,35). The summed E-state index contributed by atoms with van der Waals surface area (Å²) < 4.78 is 5.39. The van der Waals surface area contributed by atoms with Gasteiger partial charge in [0.15, 0.2) is 0 Å². The molecule has 3 amide bonds. The number of hydrogen-bond donors (Lipinski definition) is 3. The van der Waals surface area contributed by atoms with Crippen molar-refractivity contribution in [3.63, 3.8) is 0 Å². The molecule has 0 aliphatic carbocycles. The van der Waals surface area contributed by atoms with Gasteiger partial charge in [-0.15, -0.1) is 0 Å². The minimum Gasteiger partial charge on any atom is -0.444 e. The molecule has 2 N–H and O–H groups in total. The van der Waals surface area contributed by atoms with Gasteiger partial charge in [-0.2, -0.15) is 12.6 Å². The molecule has 0 fully saturated rings. The van der Waals surface area contributed by atoms with E-state index in [4.69, 9.17) is 4.74 Å². The Morgan fingerprint density at radius 1 is 1.03 bits per heavy atom. The molecular formula is C29H49N3O4S. The zero-order valence-corrected chi connectivity index (χ0v) is 25.0. The average molecular weight is 536 g/mol. The van der Waals surface area contributed by atoms with Gasteiger partial charge in [-0.05, 0) is 65.4 Å². The molecule has 210 valence electrons. The molecule has 7 nitrogen and oxygen atoms in total. The molecule has 8 heteroatoms. The second-order valence-electron chi connectivity index (χ2n) is 11.3. The first-order chi connectivity index (χ1) is 17.3. The van der Waals surface area contributed by atoms with Gasteiger partial charge in [-0.1, -0.05) is 63.4 Å². The van der Waals surface area contributed by atoms with E-state index in [1.54, 1.807) is 25.7 Å². The quantitative estimate of drug-likeness (QED) is 0.207. The van der Waals surface area contributed by atoms with Crippen LogP contribution < -0.4 is 10.6 Å². The predicted molar refractivity (Wildman–Crippen MR) is 154 cm³/mol. The first kappa shape index (κ1) is 32.8. The Balaban J connectivity index is 3.43. The molecule has 37 heavy (non-hydrogen) atoms. The van der Waals surface area contributed by atoms with Crippen LogP contribution in [0, 0.1) is 12.8 Å². The minimum absolute atomic E-state index is 0.0736. The molecule has 1 aromatic carbocycles. The van der Waals surface area contributed by atoms with Crippen LogP contribution in [-0.2, 0) is 14.3 Å². The number of rotatable bonds is 14. The lowest BCUT2D eigenvalue weighted by Crippen LogP contribution is -2.56. The van der Waals surface area contributed by atoms with Gasteiger partial charge in [0.2, 0.25) is 11.8 Å². The first-order valence-electron chi connectivity index (χ1n) is 13.6. The second-order valence-corrected chi connectivity index (χ2v) is 11.6. The van der Waals surface area contributed by atoms with Crippen LogP contribution in [0.1, 0.15) is 97.7 Å². The highest BCUT2D eigenvalue weighted by molar-refractivity contribution is 7.80. The molecule has 0 aliphatic heterocycles. The van der Waals surface area contributed by atoms with E-state index in [2.05, 4.69) is 44.0 Å². The smallest absolute Gasteiger partial charge is 0.408 e. The van der Waals surface area contributed by atoms with Crippen LogP contribution in [0.3, 0.4) is 0 Å². The number of nitrogens with one attached hydrogen (secondary N) is 2. The first-order valence-corrected chi connectivity index (χ1v) is 14.2. The third-order valence-electron chi connectivity index (χ3n) is 6.06. The number of thiol groups is 1. The summed E-state index contributed by atoms with van der Waals surface area (Å²) in [5.74, 6) is -0.0588. The minimum atomic E-state index is -0.944. The van der Waals surface area contributed by atoms with Gasteiger partial charge in [0.25, 0.3) is 0 Å². The Morgan fingerprint density at radius 3 is 2.16 bits per heavy atom. The van der Waals surface area contributed by atoms with Crippen LogP contribution in [0.2, 0.25) is 0 Å². The van der Waals surface area contributed by atoms with Crippen LogP contribution in [0.4, 0.5) is 4.79 Å². The van der Waals surface area contributed by atoms with E-state index in [-0.39, 0.29) is 23.6 Å². The van der Waals surface area contributed by atoms with Crippen molar-refractivity contribution >= 4 is 30.5 Å². The van der Waals surface area contributed by atoms with Crippen molar-refractivity contribution in [2.24, 2.45) is 5.92 Å². The van der Waals surface area contributed by atoms with Crippen LogP contribution in [-0.4, -0.2) is 52.8 Å². The summed E-state index contributed by atoms with van der Waals surface area (Å²) in [6.07, 6.45) is 3.87. The maximum atomic E-state index is 14.1. The number of carbonyl (C=O) groups excluding carboxylic acids is 3. The van der Waals surface area contributed by atoms with E-state index < -0.39 is 23.8 Å². The number of alkyl carbamates (subject to hydrolysis) is 1. The fourth-order valence-electron chi connectivity index (χ4n) is 4.00. The molecule has 0 saturated carbocycles. The lowest BCUT2D eigenvalue weighted by molar-refractivity contribution is -0.144. The van der Waals surface area contributed by atoms with E-state index in [1.165, 1.54) is 0 Å². The maximum absolute atomic E-state index is 14.1. The highest BCUT2D eigenvalue weighted by atomic mass is 32.1. The molecule has 0 heterocycles. The molecule has 0 saturated heterocycles. The molecule has 0 aromatic heterocycles. The predicted octanol–water partition coefficient (Wildman–Crippen LogP) is 5.82. The summed E-state index contributed by atoms with van der Waals surface area (Å²) in [4.78, 5) is 41.9. The molecular weight excluding hydrogens is 486 g/mol. The van der Waals surface area contributed by atoms with Crippen molar-refractivity contribution in [1.29, 1.82) is 0 Å². The molecule has 3 atom stereocenters. The maximum Gasteiger partial charge on any atom is 0.408 e. The van der Waals surface area contributed by atoms with E-state index in [9.17, 15) is 14.4 Å². The SMILES string of the molecule is CCCCCNC(=O)C(c1ccc(C)cc1)N(C(=O)C(CS)NC(=O)OC(C)(C)C)C(C)CCC(C)C. The summed E-state index contributed by atoms with van der Waals surface area (Å²) in [6.45, 7) is 16.2. The Morgan fingerprint density at radius 2 is 1.65 bits per heavy atom. The van der Waals surface area contributed by atoms with Gasteiger partial charge < -0.3 is 20.3 Å². The summed E-state index contributed by atoms with van der Waals surface area (Å²) in [6, 6.07) is 5.67. The average Bonchev–Trinajstić information content (AvgIpc) is 2.81. The lowest BCUT2D eigenvalue weighted by atomic mass is 9.96. The topological polar surface area (TPSA) is 87.7 Å².